The lowest BCUT2D eigenvalue weighted by atomic mass is 10.3. The summed E-state index contributed by atoms with van der Waals surface area (Å²) in [5, 5.41) is 3.61. The van der Waals surface area contributed by atoms with Gasteiger partial charge < -0.3 is 0 Å². The van der Waals surface area contributed by atoms with Crippen LogP contribution in [-0.4, -0.2) is 13.2 Å². The molecule has 0 aliphatic rings. The fourth-order valence-electron chi connectivity index (χ4n) is 1.06. The van der Waals surface area contributed by atoms with Crippen LogP contribution in [0.25, 0.3) is 0 Å². The third-order valence-electron chi connectivity index (χ3n) is 1.69. The molecule has 0 saturated heterocycles. The van der Waals surface area contributed by atoms with Crippen LogP contribution < -0.4 is 5.43 Å². The summed E-state index contributed by atoms with van der Waals surface area (Å²) in [5.74, 6) is 0. The standard InChI is InChI=1S/C10H16N3O3P/c1-3-15-17(14,16-4-2)13-12-11-10-8-6-5-7-9-10/h5-9H,3-4H2,1-2H3,(H,11,13,14). The number of hydrogen-bond acceptors (Lipinski definition) is 4. The zero-order valence-corrected chi connectivity index (χ0v) is 10.8. The van der Waals surface area contributed by atoms with Crippen molar-refractivity contribution in [3.63, 3.8) is 0 Å². The van der Waals surface area contributed by atoms with Crippen LogP contribution in [0.15, 0.2) is 40.4 Å². The van der Waals surface area contributed by atoms with Gasteiger partial charge >= 0.3 is 7.75 Å². The summed E-state index contributed by atoms with van der Waals surface area (Å²) >= 11 is 0. The molecule has 0 radical (unpaired) electrons. The van der Waals surface area contributed by atoms with Crippen molar-refractivity contribution in [2.45, 2.75) is 13.8 Å². The second kappa shape index (κ2) is 7.17. The van der Waals surface area contributed by atoms with Crippen molar-refractivity contribution in [3.8, 4) is 0 Å². The molecule has 0 saturated carbocycles. The van der Waals surface area contributed by atoms with Gasteiger partial charge in [-0.3, -0.25) is 14.5 Å². The third-order valence-corrected chi connectivity index (χ3v) is 3.17. The van der Waals surface area contributed by atoms with E-state index < -0.39 is 7.75 Å². The number of nitrogens with zero attached hydrogens (tertiary/aromatic N) is 2. The molecule has 6 nitrogen and oxygen atoms in total. The van der Waals surface area contributed by atoms with Gasteiger partial charge in [-0.05, 0) is 26.0 Å². The van der Waals surface area contributed by atoms with Crippen molar-refractivity contribution in [1.82, 2.24) is 0 Å². The topological polar surface area (TPSA) is 72.3 Å². The van der Waals surface area contributed by atoms with Crippen LogP contribution in [0.2, 0.25) is 0 Å². The van der Waals surface area contributed by atoms with Crippen LogP contribution in [0.3, 0.4) is 0 Å². The van der Waals surface area contributed by atoms with E-state index in [4.69, 9.17) is 9.05 Å². The van der Waals surface area contributed by atoms with Gasteiger partial charge in [0.2, 0.25) is 0 Å². The van der Waals surface area contributed by atoms with Crippen LogP contribution in [0.5, 0.6) is 0 Å². The molecule has 0 amide bonds. The zero-order chi connectivity index (χ0) is 12.6. The molecule has 0 aromatic heterocycles. The highest BCUT2D eigenvalue weighted by molar-refractivity contribution is 7.52. The molecule has 1 rings (SSSR count). The van der Waals surface area contributed by atoms with Gasteiger partial charge in [0, 0.05) is 0 Å². The van der Waals surface area contributed by atoms with E-state index in [1.54, 1.807) is 13.8 Å². The van der Waals surface area contributed by atoms with Gasteiger partial charge in [-0.1, -0.05) is 28.3 Å². The van der Waals surface area contributed by atoms with Gasteiger partial charge in [0.05, 0.1) is 18.9 Å². The number of rotatable bonds is 7. The Balaban J connectivity index is 2.58. The third kappa shape index (κ3) is 5.08. The summed E-state index contributed by atoms with van der Waals surface area (Å²) in [6.07, 6.45) is 0. The van der Waals surface area contributed by atoms with Crippen LogP contribution in [0.4, 0.5) is 5.69 Å². The van der Waals surface area contributed by atoms with Crippen molar-refractivity contribution in [3.05, 3.63) is 30.3 Å². The minimum absolute atomic E-state index is 0.252. The lowest BCUT2D eigenvalue weighted by molar-refractivity contribution is 0.219. The van der Waals surface area contributed by atoms with Crippen molar-refractivity contribution in [2.75, 3.05) is 18.6 Å². The monoisotopic (exact) mass is 257 g/mol. The van der Waals surface area contributed by atoms with E-state index in [1.807, 2.05) is 30.3 Å². The van der Waals surface area contributed by atoms with E-state index in [1.165, 1.54) is 0 Å². The van der Waals surface area contributed by atoms with Gasteiger partial charge in [-0.2, -0.15) is 0 Å². The Kier molecular flexibility index (Phi) is 5.83. The Morgan fingerprint density at radius 1 is 1.18 bits per heavy atom. The predicted molar refractivity (Wildman–Crippen MR) is 65.8 cm³/mol. The van der Waals surface area contributed by atoms with Gasteiger partial charge in [0.25, 0.3) is 0 Å². The molecule has 0 aliphatic carbocycles. The predicted octanol–water partition coefficient (Wildman–Crippen LogP) is 3.65. The summed E-state index contributed by atoms with van der Waals surface area (Å²) < 4.78 is 21.7. The average molecular weight is 257 g/mol. The second-order valence-corrected chi connectivity index (χ2v) is 4.60. The van der Waals surface area contributed by atoms with Crippen molar-refractivity contribution < 1.29 is 13.6 Å². The summed E-state index contributed by atoms with van der Waals surface area (Å²) in [6, 6.07) is 9.20. The Morgan fingerprint density at radius 3 is 2.29 bits per heavy atom. The molecule has 0 bridgehead atoms. The molecule has 1 aromatic rings. The summed E-state index contributed by atoms with van der Waals surface area (Å²) in [4.78, 5) is 3.56. The first-order valence-electron chi connectivity index (χ1n) is 5.32. The largest absolute Gasteiger partial charge is 0.473 e. The molecular weight excluding hydrogens is 241 g/mol. The molecule has 94 valence electrons. The summed E-state index contributed by atoms with van der Waals surface area (Å²) in [6.45, 7) is 3.93. The molecule has 1 N–H and O–H groups in total. The highest BCUT2D eigenvalue weighted by Crippen LogP contribution is 2.49. The molecule has 7 heteroatoms. The number of benzene rings is 1. The number of para-hydroxylation sites is 1. The molecule has 0 spiro atoms. The molecule has 1 aromatic carbocycles. The normalized spacial score (nSPS) is 11.9. The highest BCUT2D eigenvalue weighted by Gasteiger charge is 2.22. The van der Waals surface area contributed by atoms with Crippen molar-refractivity contribution >= 4 is 13.4 Å². The Labute approximate surface area is 101 Å². The molecule has 17 heavy (non-hydrogen) atoms. The number of hydrogen-bond donors (Lipinski definition) is 1. The van der Waals surface area contributed by atoms with Crippen LogP contribution in [-0.2, 0) is 13.6 Å². The fourth-order valence-corrected chi connectivity index (χ4v) is 2.05. The van der Waals surface area contributed by atoms with Crippen molar-refractivity contribution in [1.29, 1.82) is 0 Å². The van der Waals surface area contributed by atoms with E-state index >= 15 is 0 Å². The number of anilines is 1. The van der Waals surface area contributed by atoms with Gasteiger partial charge in [0.15, 0.2) is 0 Å². The van der Waals surface area contributed by atoms with Gasteiger partial charge in [-0.25, -0.2) is 4.57 Å². The lowest BCUT2D eigenvalue weighted by Gasteiger charge is -2.09. The SMILES string of the molecule is CCOP(=O)(/N=N/Nc1ccccc1)OCC. The fraction of sp³-hybridized carbons (Fsp3) is 0.400. The molecule has 0 heterocycles. The maximum Gasteiger partial charge on any atom is 0.473 e. The first-order valence-corrected chi connectivity index (χ1v) is 6.82. The molecule has 0 atom stereocenters. The second-order valence-electron chi connectivity index (χ2n) is 2.97. The zero-order valence-electron chi connectivity index (χ0n) is 9.87. The Morgan fingerprint density at radius 2 is 1.76 bits per heavy atom. The van der Waals surface area contributed by atoms with Gasteiger partial charge in [0.1, 0.15) is 0 Å². The first-order chi connectivity index (χ1) is 8.20. The van der Waals surface area contributed by atoms with E-state index in [0.717, 1.165) is 5.69 Å². The quantitative estimate of drug-likeness (QED) is 0.459. The van der Waals surface area contributed by atoms with Crippen molar-refractivity contribution in [2.24, 2.45) is 10.1 Å². The van der Waals surface area contributed by atoms with Crippen LogP contribution >= 0.6 is 7.75 Å². The van der Waals surface area contributed by atoms with E-state index in [-0.39, 0.29) is 13.2 Å². The van der Waals surface area contributed by atoms with E-state index in [2.05, 4.69) is 15.5 Å². The molecule has 0 unspecified atom stereocenters. The minimum atomic E-state index is -3.46. The Bertz CT molecular complexity index is 387. The van der Waals surface area contributed by atoms with Crippen LogP contribution in [0.1, 0.15) is 13.8 Å². The number of nitrogens with one attached hydrogen (secondary N) is 1. The summed E-state index contributed by atoms with van der Waals surface area (Å²) in [5.41, 5.74) is 3.39. The molecule has 0 aliphatic heterocycles. The summed E-state index contributed by atoms with van der Waals surface area (Å²) in [7, 11) is -3.46. The Hall–Kier alpha value is -1.23. The maximum absolute atomic E-state index is 11.9. The average Bonchev–Trinajstić information content (AvgIpc) is 2.31. The smallest absolute Gasteiger partial charge is 0.290 e. The van der Waals surface area contributed by atoms with E-state index in [0.29, 0.717) is 0 Å². The molecule has 0 fully saturated rings. The first kappa shape index (κ1) is 13.8. The van der Waals surface area contributed by atoms with Crippen LogP contribution in [0, 0.1) is 0 Å². The maximum atomic E-state index is 11.9. The minimum Gasteiger partial charge on any atom is -0.290 e. The van der Waals surface area contributed by atoms with Gasteiger partial charge in [-0.15, -0.1) is 0 Å². The lowest BCUT2D eigenvalue weighted by Crippen LogP contribution is -1.94. The highest BCUT2D eigenvalue weighted by atomic mass is 31.2. The molecular formula is C10H16N3O3P. The van der Waals surface area contributed by atoms with E-state index in [9.17, 15) is 4.57 Å².